The number of aromatic nitrogens is 2. The summed E-state index contributed by atoms with van der Waals surface area (Å²) in [5.41, 5.74) is 19.8. The van der Waals surface area contributed by atoms with Gasteiger partial charge in [0.1, 0.15) is 0 Å². The van der Waals surface area contributed by atoms with Gasteiger partial charge in [-0.15, -0.1) is 0 Å². The molecule has 0 aliphatic carbocycles. The van der Waals surface area contributed by atoms with Crippen molar-refractivity contribution in [2.45, 2.75) is 0 Å². The number of hydrogen-bond donors (Lipinski definition) is 0. The average molecular weight is 880 g/mol. The number of para-hydroxylation sites is 3. The Balaban J connectivity index is 1.04. The van der Waals surface area contributed by atoms with E-state index in [1.165, 1.54) is 77.0 Å². The quantitative estimate of drug-likeness (QED) is 0.141. The van der Waals surface area contributed by atoms with Crippen LogP contribution in [-0.4, -0.2) is 9.13 Å². The van der Waals surface area contributed by atoms with E-state index < -0.39 is 0 Å². The molecule has 0 bridgehead atoms. The van der Waals surface area contributed by atoms with Crippen LogP contribution in [0, 0.1) is 0 Å². The van der Waals surface area contributed by atoms with Crippen LogP contribution in [0.25, 0.3) is 99.5 Å². The van der Waals surface area contributed by atoms with Crippen molar-refractivity contribution < 1.29 is 0 Å². The molecule has 11 aromatic carbocycles. The largest absolute Gasteiger partial charge is 0.311 e. The number of rotatable bonds is 9. The van der Waals surface area contributed by atoms with E-state index in [0.29, 0.717) is 0 Å². The van der Waals surface area contributed by atoms with Gasteiger partial charge in [-0.3, -0.25) is 0 Å². The molecule has 0 fully saturated rings. The molecule has 0 unspecified atom stereocenters. The minimum atomic E-state index is 1.09. The minimum Gasteiger partial charge on any atom is -0.311 e. The number of fused-ring (bicyclic) bond motifs is 7. The maximum Gasteiger partial charge on any atom is 0.0795 e. The van der Waals surface area contributed by atoms with Crippen LogP contribution < -0.4 is 4.90 Å². The van der Waals surface area contributed by atoms with Crippen molar-refractivity contribution in [2.75, 3.05) is 4.90 Å². The monoisotopic (exact) mass is 879 g/mol. The summed E-state index contributed by atoms with van der Waals surface area (Å²) >= 11 is 0. The highest BCUT2D eigenvalue weighted by atomic mass is 15.1. The summed E-state index contributed by atoms with van der Waals surface area (Å²) in [5, 5.41) is 4.85. The summed E-state index contributed by atoms with van der Waals surface area (Å²) in [6.07, 6.45) is 0. The lowest BCUT2D eigenvalue weighted by atomic mass is 9.96. The van der Waals surface area contributed by atoms with E-state index in [1.54, 1.807) is 0 Å². The van der Waals surface area contributed by atoms with Crippen molar-refractivity contribution in [1.29, 1.82) is 0 Å². The third kappa shape index (κ3) is 6.99. The molecule has 0 atom stereocenters. The molecule has 0 radical (unpaired) electrons. The summed E-state index contributed by atoms with van der Waals surface area (Å²) < 4.78 is 4.99. The summed E-state index contributed by atoms with van der Waals surface area (Å²) in [7, 11) is 0. The molecular formula is C66H45N3. The molecule has 0 aliphatic heterocycles. The first-order valence-electron chi connectivity index (χ1n) is 23.7. The molecule has 0 saturated heterocycles. The zero-order chi connectivity index (χ0) is 45.7. The lowest BCUT2D eigenvalue weighted by Crippen LogP contribution is -2.09. The van der Waals surface area contributed by atoms with Crippen LogP contribution in [0.1, 0.15) is 0 Å². The first kappa shape index (κ1) is 40.1. The Morgan fingerprint density at radius 1 is 0.246 bits per heavy atom. The molecular weight excluding hydrogens is 835 g/mol. The van der Waals surface area contributed by atoms with Crippen LogP contribution in [0.2, 0.25) is 0 Å². The van der Waals surface area contributed by atoms with Gasteiger partial charge in [-0.2, -0.15) is 0 Å². The van der Waals surface area contributed by atoms with Crippen molar-refractivity contribution >= 4 is 60.7 Å². The van der Waals surface area contributed by atoms with Gasteiger partial charge in [0.05, 0.1) is 22.1 Å². The fourth-order valence-electron chi connectivity index (χ4n) is 10.5. The van der Waals surface area contributed by atoms with Crippen molar-refractivity contribution in [3.63, 3.8) is 0 Å². The highest BCUT2D eigenvalue weighted by Crippen LogP contribution is 2.47. The van der Waals surface area contributed by atoms with Crippen molar-refractivity contribution in [3.8, 4) is 55.9 Å². The molecule has 0 spiro atoms. The van der Waals surface area contributed by atoms with E-state index in [9.17, 15) is 0 Å². The molecule has 2 aromatic heterocycles. The van der Waals surface area contributed by atoms with E-state index in [4.69, 9.17) is 0 Å². The maximum absolute atomic E-state index is 2.50. The Hall–Kier alpha value is -9.18. The topological polar surface area (TPSA) is 13.1 Å². The second-order valence-corrected chi connectivity index (χ2v) is 17.7. The molecule has 13 aromatic rings. The fourth-order valence-corrected chi connectivity index (χ4v) is 10.5. The zero-order valence-electron chi connectivity index (χ0n) is 37.8. The standard InChI is InChI=1S/C66H45N3/c1-5-17-46(18-6-1)49-29-37-54(38-30-49)67(53-23-11-4-12-24-53)55-43-35-52(36-44-55)60-45-61-58-25-13-15-27-62(58)68(56-39-31-50(32-40-56)47-19-7-2-8-20-47)65(61)66-64(60)59-26-14-16-28-63(59)69(66)57-41-33-51(34-42-57)48-21-9-3-10-22-48/h1-45H. The van der Waals surface area contributed by atoms with Gasteiger partial charge in [-0.1, -0.05) is 194 Å². The van der Waals surface area contributed by atoms with E-state index in [0.717, 1.165) is 39.5 Å². The predicted octanol–water partition coefficient (Wildman–Crippen LogP) is 18.0. The first-order chi connectivity index (χ1) is 34.2. The van der Waals surface area contributed by atoms with Crippen LogP contribution in [0.4, 0.5) is 17.1 Å². The second kappa shape index (κ2) is 16.9. The maximum atomic E-state index is 2.50. The molecule has 69 heavy (non-hydrogen) atoms. The van der Waals surface area contributed by atoms with Gasteiger partial charge in [0.25, 0.3) is 0 Å². The van der Waals surface area contributed by atoms with Crippen LogP contribution in [0.3, 0.4) is 0 Å². The molecule has 3 heteroatoms. The summed E-state index contributed by atoms with van der Waals surface area (Å²) in [5.74, 6) is 0. The van der Waals surface area contributed by atoms with Gasteiger partial charge in [0.2, 0.25) is 0 Å². The van der Waals surface area contributed by atoms with Gasteiger partial charge in [0, 0.05) is 50.0 Å². The third-order valence-corrected chi connectivity index (χ3v) is 13.7. The molecule has 2 heterocycles. The van der Waals surface area contributed by atoms with Gasteiger partial charge in [-0.05, 0) is 123 Å². The Bertz CT molecular complexity index is 3930. The molecule has 0 amide bonds. The molecule has 13 rings (SSSR count). The van der Waals surface area contributed by atoms with Gasteiger partial charge in [0.15, 0.2) is 0 Å². The minimum absolute atomic E-state index is 1.09. The Morgan fingerprint density at radius 2 is 0.594 bits per heavy atom. The first-order valence-corrected chi connectivity index (χ1v) is 23.7. The van der Waals surface area contributed by atoms with Crippen LogP contribution in [-0.2, 0) is 0 Å². The SMILES string of the molecule is c1ccc(-c2ccc(N(c3ccccc3)c3ccc(-c4cc5c6ccccc6n(-c6ccc(-c7ccccc7)cc6)c5c5c4c4ccccc4n5-c4ccc(-c5ccccc5)cc4)cc3)cc2)cc1. The fraction of sp³-hybridized carbons (Fsp3) is 0. The van der Waals surface area contributed by atoms with Gasteiger partial charge < -0.3 is 14.0 Å². The average Bonchev–Trinajstić information content (AvgIpc) is 3.96. The van der Waals surface area contributed by atoms with Crippen LogP contribution in [0.5, 0.6) is 0 Å². The smallest absolute Gasteiger partial charge is 0.0795 e. The molecule has 3 nitrogen and oxygen atoms in total. The van der Waals surface area contributed by atoms with E-state index in [2.05, 4.69) is 287 Å². The Labute approximate surface area is 401 Å². The molecule has 0 aliphatic rings. The number of benzene rings is 11. The Kier molecular flexibility index (Phi) is 9.84. The summed E-state index contributed by atoms with van der Waals surface area (Å²) in [6, 6.07) is 99.1. The van der Waals surface area contributed by atoms with Crippen molar-refractivity contribution in [2.24, 2.45) is 0 Å². The second-order valence-electron chi connectivity index (χ2n) is 17.7. The van der Waals surface area contributed by atoms with E-state index >= 15 is 0 Å². The molecule has 0 N–H and O–H groups in total. The van der Waals surface area contributed by atoms with Crippen molar-refractivity contribution in [3.05, 3.63) is 273 Å². The lowest BCUT2D eigenvalue weighted by Gasteiger charge is -2.26. The van der Waals surface area contributed by atoms with E-state index in [1.807, 2.05) is 0 Å². The zero-order valence-corrected chi connectivity index (χ0v) is 37.8. The van der Waals surface area contributed by atoms with Crippen LogP contribution >= 0.6 is 0 Å². The van der Waals surface area contributed by atoms with Crippen molar-refractivity contribution in [1.82, 2.24) is 9.13 Å². The number of anilines is 3. The van der Waals surface area contributed by atoms with Gasteiger partial charge >= 0.3 is 0 Å². The summed E-state index contributed by atoms with van der Waals surface area (Å²) in [4.78, 5) is 2.35. The third-order valence-electron chi connectivity index (χ3n) is 13.7. The lowest BCUT2D eigenvalue weighted by molar-refractivity contribution is 1.15. The number of hydrogen-bond acceptors (Lipinski definition) is 1. The van der Waals surface area contributed by atoms with E-state index in [-0.39, 0.29) is 0 Å². The molecule has 324 valence electrons. The summed E-state index contributed by atoms with van der Waals surface area (Å²) in [6.45, 7) is 0. The predicted molar refractivity (Wildman–Crippen MR) is 292 cm³/mol. The highest BCUT2D eigenvalue weighted by molar-refractivity contribution is 6.28. The highest BCUT2D eigenvalue weighted by Gasteiger charge is 2.25. The van der Waals surface area contributed by atoms with Gasteiger partial charge in [-0.25, -0.2) is 0 Å². The molecule has 0 saturated carbocycles. The van der Waals surface area contributed by atoms with Crippen LogP contribution in [0.15, 0.2) is 273 Å². The Morgan fingerprint density at radius 3 is 1.09 bits per heavy atom. The number of nitrogens with zero attached hydrogens (tertiary/aromatic N) is 3. The normalized spacial score (nSPS) is 11.5.